The molecule has 1 aliphatic carbocycles. The summed E-state index contributed by atoms with van der Waals surface area (Å²) < 4.78 is 0. The zero-order valence-corrected chi connectivity index (χ0v) is 13.6. The summed E-state index contributed by atoms with van der Waals surface area (Å²) >= 11 is 4.08. The number of nitrogens with zero attached hydrogens (tertiary/aromatic N) is 1. The minimum Gasteiger partial charge on any atom is -0.302 e. The monoisotopic (exact) mass is 296 g/mol. The number of aromatic nitrogens is 1. The zero-order chi connectivity index (χ0) is 13.3. The third-order valence-corrected chi connectivity index (χ3v) is 6.70. The van der Waals surface area contributed by atoms with Crippen molar-refractivity contribution in [3.8, 4) is 0 Å². The molecule has 106 valence electrons. The molecule has 0 spiro atoms. The molecule has 1 aromatic heterocycles. The Morgan fingerprint density at radius 2 is 2.05 bits per heavy atom. The largest absolute Gasteiger partial charge is 0.302 e. The van der Waals surface area contributed by atoms with Crippen LogP contribution in [0.15, 0.2) is 0 Å². The predicted molar refractivity (Wildman–Crippen MR) is 85.3 cm³/mol. The summed E-state index contributed by atoms with van der Waals surface area (Å²) in [5.41, 5.74) is 1.56. The number of rotatable bonds is 3. The average Bonchev–Trinajstić information content (AvgIpc) is 2.83. The summed E-state index contributed by atoms with van der Waals surface area (Å²) in [4.78, 5) is 6.61. The number of thioether (sulfide) groups is 1. The van der Waals surface area contributed by atoms with Gasteiger partial charge in [0.05, 0.1) is 11.2 Å². The van der Waals surface area contributed by atoms with Crippen LogP contribution in [0.5, 0.6) is 0 Å². The molecule has 2 aliphatic rings. The zero-order valence-electron chi connectivity index (χ0n) is 12.0. The van der Waals surface area contributed by atoms with E-state index in [0.29, 0.717) is 6.04 Å². The standard InChI is InChI=1S/C15H24N2S2/c1-11(2)17-15(8-5-9-18-10-15)14-16-12-6-3-4-7-13(12)19-14/h11,17H,3-10H2,1-2H3. The number of fused-ring (bicyclic) bond motifs is 1. The van der Waals surface area contributed by atoms with Gasteiger partial charge in [0.25, 0.3) is 0 Å². The van der Waals surface area contributed by atoms with Crippen LogP contribution in [0, 0.1) is 0 Å². The van der Waals surface area contributed by atoms with E-state index < -0.39 is 0 Å². The molecule has 4 heteroatoms. The van der Waals surface area contributed by atoms with Gasteiger partial charge in [-0.2, -0.15) is 11.8 Å². The third kappa shape index (κ3) is 2.86. The van der Waals surface area contributed by atoms with Crippen LogP contribution in [0.4, 0.5) is 0 Å². The summed E-state index contributed by atoms with van der Waals surface area (Å²) in [6.07, 6.45) is 7.72. The molecule has 1 fully saturated rings. The maximum atomic E-state index is 5.04. The Morgan fingerprint density at radius 1 is 1.21 bits per heavy atom. The van der Waals surface area contributed by atoms with E-state index >= 15 is 0 Å². The van der Waals surface area contributed by atoms with Gasteiger partial charge in [-0.1, -0.05) is 0 Å². The van der Waals surface area contributed by atoms with Crippen molar-refractivity contribution < 1.29 is 0 Å². The third-order valence-electron chi connectivity index (χ3n) is 4.06. The number of aryl methyl sites for hydroxylation is 2. The molecule has 19 heavy (non-hydrogen) atoms. The number of nitrogens with one attached hydrogen (secondary N) is 1. The molecule has 1 unspecified atom stereocenters. The van der Waals surface area contributed by atoms with Gasteiger partial charge in [-0.05, 0) is 58.1 Å². The smallest absolute Gasteiger partial charge is 0.114 e. The van der Waals surface area contributed by atoms with E-state index in [1.807, 2.05) is 11.3 Å². The highest BCUT2D eigenvalue weighted by atomic mass is 32.2. The Labute approximate surface area is 124 Å². The summed E-state index contributed by atoms with van der Waals surface area (Å²) in [6, 6.07) is 0.527. The van der Waals surface area contributed by atoms with Crippen LogP contribution in [0.3, 0.4) is 0 Å². The fourth-order valence-electron chi connectivity index (χ4n) is 3.25. The van der Waals surface area contributed by atoms with Crippen molar-refractivity contribution in [3.63, 3.8) is 0 Å². The molecule has 1 aliphatic heterocycles. The second-order valence-corrected chi connectivity index (χ2v) is 8.32. The molecular formula is C15H24N2S2. The van der Waals surface area contributed by atoms with Gasteiger partial charge in [0.15, 0.2) is 0 Å². The molecule has 2 heterocycles. The van der Waals surface area contributed by atoms with Gasteiger partial charge in [-0.25, -0.2) is 4.98 Å². The average molecular weight is 297 g/mol. The highest BCUT2D eigenvalue weighted by Crippen LogP contribution is 2.40. The lowest BCUT2D eigenvalue weighted by atomic mass is 9.95. The molecule has 1 atom stereocenters. The molecule has 3 rings (SSSR count). The Morgan fingerprint density at radius 3 is 2.74 bits per heavy atom. The lowest BCUT2D eigenvalue weighted by molar-refractivity contribution is 0.308. The predicted octanol–water partition coefficient (Wildman–Crippen LogP) is 3.74. The van der Waals surface area contributed by atoms with Gasteiger partial charge in [-0.3, -0.25) is 0 Å². The molecule has 1 N–H and O–H groups in total. The summed E-state index contributed by atoms with van der Waals surface area (Å²) in [6.45, 7) is 4.52. The lowest BCUT2D eigenvalue weighted by Crippen LogP contribution is -2.49. The molecule has 1 aromatic rings. The first-order chi connectivity index (χ1) is 9.20. The van der Waals surface area contributed by atoms with E-state index in [9.17, 15) is 0 Å². The van der Waals surface area contributed by atoms with Gasteiger partial charge < -0.3 is 5.32 Å². The van der Waals surface area contributed by atoms with E-state index in [1.165, 1.54) is 60.7 Å². The maximum absolute atomic E-state index is 5.04. The van der Waals surface area contributed by atoms with Crippen molar-refractivity contribution in [2.45, 2.75) is 64.0 Å². The van der Waals surface area contributed by atoms with Gasteiger partial charge in [0.2, 0.25) is 0 Å². The Bertz CT molecular complexity index is 410. The van der Waals surface area contributed by atoms with Crippen molar-refractivity contribution in [2.24, 2.45) is 0 Å². The van der Waals surface area contributed by atoms with Crippen LogP contribution >= 0.6 is 23.1 Å². The molecule has 0 saturated carbocycles. The van der Waals surface area contributed by atoms with E-state index in [0.717, 1.165) is 0 Å². The Hall–Kier alpha value is -0.0600. The Balaban J connectivity index is 1.92. The fraction of sp³-hybridized carbons (Fsp3) is 0.800. The Kier molecular flexibility index (Phi) is 4.20. The molecular weight excluding hydrogens is 272 g/mol. The first kappa shape index (κ1) is 13.9. The minimum atomic E-state index is 0.152. The van der Waals surface area contributed by atoms with Gasteiger partial charge in [0, 0.05) is 16.7 Å². The maximum Gasteiger partial charge on any atom is 0.114 e. The van der Waals surface area contributed by atoms with E-state index in [4.69, 9.17) is 4.98 Å². The first-order valence-electron chi connectivity index (χ1n) is 7.54. The molecule has 0 radical (unpaired) electrons. The van der Waals surface area contributed by atoms with Crippen molar-refractivity contribution in [1.29, 1.82) is 0 Å². The van der Waals surface area contributed by atoms with Crippen molar-refractivity contribution in [1.82, 2.24) is 10.3 Å². The summed E-state index contributed by atoms with van der Waals surface area (Å²) in [5, 5.41) is 5.22. The molecule has 0 aromatic carbocycles. The summed E-state index contributed by atoms with van der Waals surface area (Å²) in [5.74, 6) is 2.50. The quantitative estimate of drug-likeness (QED) is 0.919. The highest BCUT2D eigenvalue weighted by molar-refractivity contribution is 7.99. The van der Waals surface area contributed by atoms with E-state index in [2.05, 4.69) is 30.9 Å². The second-order valence-electron chi connectivity index (χ2n) is 6.13. The van der Waals surface area contributed by atoms with Crippen molar-refractivity contribution >= 4 is 23.1 Å². The highest BCUT2D eigenvalue weighted by Gasteiger charge is 2.38. The summed E-state index contributed by atoms with van der Waals surface area (Å²) in [7, 11) is 0. The second kappa shape index (κ2) is 5.74. The first-order valence-corrected chi connectivity index (χ1v) is 9.51. The van der Waals surface area contributed by atoms with Gasteiger partial charge in [-0.15, -0.1) is 11.3 Å². The number of thiazole rings is 1. The number of hydrogen-bond acceptors (Lipinski definition) is 4. The van der Waals surface area contributed by atoms with Crippen LogP contribution in [0.1, 0.15) is 55.1 Å². The van der Waals surface area contributed by atoms with Crippen LogP contribution in [-0.2, 0) is 18.4 Å². The van der Waals surface area contributed by atoms with Gasteiger partial charge in [0.1, 0.15) is 5.01 Å². The van der Waals surface area contributed by atoms with Crippen LogP contribution in [0.25, 0.3) is 0 Å². The van der Waals surface area contributed by atoms with Crippen LogP contribution in [-0.4, -0.2) is 22.5 Å². The normalized spacial score (nSPS) is 27.5. The number of hydrogen-bond donors (Lipinski definition) is 1. The topological polar surface area (TPSA) is 24.9 Å². The van der Waals surface area contributed by atoms with E-state index in [-0.39, 0.29) is 5.54 Å². The van der Waals surface area contributed by atoms with Crippen LogP contribution < -0.4 is 5.32 Å². The SMILES string of the molecule is CC(C)NC1(c2nc3c(s2)CCCC3)CCCSC1. The molecule has 0 amide bonds. The molecule has 1 saturated heterocycles. The lowest BCUT2D eigenvalue weighted by Gasteiger charge is -2.37. The van der Waals surface area contributed by atoms with E-state index in [1.54, 1.807) is 4.88 Å². The van der Waals surface area contributed by atoms with Crippen LogP contribution in [0.2, 0.25) is 0 Å². The minimum absolute atomic E-state index is 0.152. The van der Waals surface area contributed by atoms with Gasteiger partial charge >= 0.3 is 0 Å². The molecule has 0 bridgehead atoms. The fourth-order valence-corrected chi connectivity index (χ4v) is 5.87. The molecule has 2 nitrogen and oxygen atoms in total. The van der Waals surface area contributed by atoms with Crippen molar-refractivity contribution in [3.05, 3.63) is 15.6 Å². The van der Waals surface area contributed by atoms with Crippen molar-refractivity contribution in [2.75, 3.05) is 11.5 Å².